The lowest BCUT2D eigenvalue weighted by molar-refractivity contribution is 0.282. The molecule has 0 saturated heterocycles. The quantitative estimate of drug-likeness (QED) is 0.207. The Morgan fingerprint density at radius 3 is 3.00 bits per heavy atom. The van der Waals surface area contributed by atoms with Crippen molar-refractivity contribution in [3.05, 3.63) is 0 Å². The summed E-state index contributed by atoms with van der Waals surface area (Å²) in [6.07, 6.45) is 2.53. The van der Waals surface area contributed by atoms with E-state index in [1.54, 1.807) is 0 Å². The Hall–Kier alpha value is -1.33. The van der Waals surface area contributed by atoms with Crippen LogP contribution < -0.4 is 0 Å². The minimum absolute atomic E-state index is 0.222. The van der Waals surface area contributed by atoms with Crippen LogP contribution in [0.3, 0.4) is 0 Å². The summed E-state index contributed by atoms with van der Waals surface area (Å²) in [4.78, 5) is 12.1. The molecule has 0 aliphatic rings. The van der Waals surface area contributed by atoms with Crippen LogP contribution in [0.15, 0.2) is 4.99 Å². The third kappa shape index (κ3) is 4.67. The van der Waals surface area contributed by atoms with Gasteiger partial charge in [0.2, 0.25) is 12.8 Å². The molecule has 4 heteroatoms. The van der Waals surface area contributed by atoms with Crippen molar-refractivity contribution < 1.29 is 9.53 Å². The fourth-order valence-electron chi connectivity index (χ4n) is 0.0875. The molecule has 0 aliphatic carbocycles. The second-order valence-electron chi connectivity index (χ2n) is 0.614. The number of isocyanates is 1. The molecule has 36 valence electrons. The van der Waals surface area contributed by atoms with Crippen LogP contribution in [0.4, 0.5) is 0 Å². The summed E-state index contributed by atoms with van der Waals surface area (Å²) in [6, 6.07) is 0. The van der Waals surface area contributed by atoms with E-state index in [1.807, 2.05) is 0 Å². The normalized spacial score (nSPS) is 5.57. The molecule has 0 heterocycles. The molecule has 0 spiro atoms. The minimum Gasteiger partial charge on any atom is -0.403 e. The van der Waals surface area contributed by atoms with Crippen molar-refractivity contribution >= 4 is 6.08 Å². The van der Waals surface area contributed by atoms with E-state index in [0.717, 1.165) is 0 Å². The van der Waals surface area contributed by atoms with Crippen LogP contribution in [-0.2, 0) is 9.53 Å². The van der Waals surface area contributed by atoms with Crippen LogP contribution in [-0.4, -0.2) is 12.8 Å². The molecular weight excluding hydrogens is 96.0 g/mol. The van der Waals surface area contributed by atoms with Gasteiger partial charge in [0.15, 0.2) is 0 Å². The van der Waals surface area contributed by atoms with Gasteiger partial charge in [-0.2, -0.15) is 10.3 Å². The highest BCUT2D eigenvalue weighted by molar-refractivity contribution is 5.32. The van der Waals surface area contributed by atoms with E-state index in [-0.39, 0.29) is 6.73 Å². The molecule has 0 aromatic heterocycles. The molecule has 0 fully saturated rings. The van der Waals surface area contributed by atoms with Gasteiger partial charge in [-0.3, -0.25) is 0 Å². The van der Waals surface area contributed by atoms with Crippen molar-refractivity contribution in [3.8, 4) is 6.26 Å². The van der Waals surface area contributed by atoms with Crippen molar-refractivity contribution in [2.24, 2.45) is 4.99 Å². The maximum absolute atomic E-state index is 9.20. The fraction of sp³-hybridized carbons (Fsp3) is 0.333. The Morgan fingerprint density at radius 2 is 2.57 bits per heavy atom. The van der Waals surface area contributed by atoms with E-state index in [4.69, 9.17) is 5.26 Å². The van der Waals surface area contributed by atoms with Gasteiger partial charge in [0, 0.05) is 0 Å². The zero-order valence-electron chi connectivity index (χ0n) is 3.42. The van der Waals surface area contributed by atoms with Crippen molar-refractivity contribution in [2.45, 2.75) is 0 Å². The highest BCUT2D eigenvalue weighted by atomic mass is 16.5. The number of carbonyl (C=O) groups excluding carboxylic acids is 1. The average molecular weight is 98.1 g/mol. The molecule has 0 amide bonds. The number of rotatable bonds is 2. The number of nitriles is 1. The Morgan fingerprint density at radius 1 is 1.86 bits per heavy atom. The third-order valence-electron chi connectivity index (χ3n) is 0.258. The largest absolute Gasteiger partial charge is 0.403 e. The zero-order valence-corrected chi connectivity index (χ0v) is 3.42. The van der Waals surface area contributed by atoms with Crippen molar-refractivity contribution in [3.63, 3.8) is 0 Å². The van der Waals surface area contributed by atoms with Gasteiger partial charge in [-0.25, -0.2) is 4.79 Å². The highest BCUT2D eigenvalue weighted by Gasteiger charge is 1.69. The Labute approximate surface area is 40.0 Å². The molecule has 0 aromatic carbocycles. The van der Waals surface area contributed by atoms with Crippen molar-refractivity contribution in [1.82, 2.24) is 0 Å². The smallest absolute Gasteiger partial charge is 0.288 e. The molecule has 0 rings (SSSR count). The summed E-state index contributed by atoms with van der Waals surface area (Å²) >= 11 is 0. The Kier molecular flexibility index (Phi) is 3.78. The first kappa shape index (κ1) is 5.67. The zero-order chi connectivity index (χ0) is 5.54. The number of hydrogen-bond donors (Lipinski definition) is 0. The molecule has 7 heavy (non-hydrogen) atoms. The average Bonchev–Trinajstić information content (AvgIpc) is 1.69. The Bertz CT molecular complexity index is 119. The second-order valence-corrected chi connectivity index (χ2v) is 0.614. The first-order valence-electron chi connectivity index (χ1n) is 1.46. The summed E-state index contributed by atoms with van der Waals surface area (Å²) in [5.41, 5.74) is 0. The summed E-state index contributed by atoms with van der Waals surface area (Å²) in [5, 5.41) is 7.63. The summed E-state index contributed by atoms with van der Waals surface area (Å²) in [7, 11) is 0. The van der Waals surface area contributed by atoms with Crippen LogP contribution in [0.5, 0.6) is 0 Å². The maximum atomic E-state index is 9.20. The van der Waals surface area contributed by atoms with E-state index < -0.39 is 0 Å². The SMILES string of the molecule is N#COCN=C=O. The second kappa shape index (κ2) is 4.67. The van der Waals surface area contributed by atoms with Gasteiger partial charge in [-0.15, -0.1) is 0 Å². The van der Waals surface area contributed by atoms with E-state index in [9.17, 15) is 4.79 Å². The van der Waals surface area contributed by atoms with E-state index >= 15 is 0 Å². The molecule has 0 N–H and O–H groups in total. The summed E-state index contributed by atoms with van der Waals surface area (Å²) < 4.78 is 3.95. The lowest BCUT2D eigenvalue weighted by Crippen LogP contribution is -1.78. The maximum Gasteiger partial charge on any atom is 0.288 e. The Balaban J connectivity index is 3.03. The van der Waals surface area contributed by atoms with Crippen LogP contribution in [0.2, 0.25) is 0 Å². The first-order chi connectivity index (χ1) is 3.41. The van der Waals surface area contributed by atoms with Gasteiger partial charge in [0.1, 0.15) is 0 Å². The van der Waals surface area contributed by atoms with Gasteiger partial charge < -0.3 is 4.74 Å². The molecule has 4 nitrogen and oxygen atoms in total. The minimum atomic E-state index is -0.222. The predicted molar refractivity (Wildman–Crippen MR) is 19.7 cm³/mol. The predicted octanol–water partition coefficient (Wildman–Crippen LogP) is -0.223. The standard InChI is InChI=1S/C3H2N2O2/c4-1-7-3-5-2-6/h3H2. The monoisotopic (exact) mass is 98.0 g/mol. The lowest BCUT2D eigenvalue weighted by atomic mass is 11.2. The van der Waals surface area contributed by atoms with Crippen molar-refractivity contribution in [2.75, 3.05) is 6.73 Å². The molecular formula is C3H2N2O2. The molecule has 0 aliphatic heterocycles. The molecule has 0 saturated carbocycles. The first-order valence-corrected chi connectivity index (χ1v) is 1.46. The number of ether oxygens (including phenoxy) is 1. The van der Waals surface area contributed by atoms with E-state index in [0.29, 0.717) is 0 Å². The highest BCUT2D eigenvalue weighted by Crippen LogP contribution is 1.65. The summed E-state index contributed by atoms with van der Waals surface area (Å²) in [6.45, 7) is -0.222. The van der Waals surface area contributed by atoms with Gasteiger partial charge in [0.05, 0.1) is 0 Å². The van der Waals surface area contributed by atoms with E-state index in [1.165, 1.54) is 12.3 Å². The molecule has 0 unspecified atom stereocenters. The van der Waals surface area contributed by atoms with Gasteiger partial charge in [-0.05, 0) is 0 Å². The van der Waals surface area contributed by atoms with Crippen LogP contribution >= 0.6 is 0 Å². The van der Waals surface area contributed by atoms with Crippen LogP contribution in [0, 0.1) is 11.5 Å². The van der Waals surface area contributed by atoms with E-state index in [2.05, 4.69) is 9.73 Å². The molecule has 0 bridgehead atoms. The number of hydrogen-bond acceptors (Lipinski definition) is 4. The van der Waals surface area contributed by atoms with Crippen LogP contribution in [0.1, 0.15) is 0 Å². The fourth-order valence-corrected chi connectivity index (χ4v) is 0.0875. The molecule has 0 radical (unpaired) electrons. The topological polar surface area (TPSA) is 62.4 Å². The number of aliphatic imine (C=N–C) groups is 1. The third-order valence-corrected chi connectivity index (χ3v) is 0.258. The van der Waals surface area contributed by atoms with Gasteiger partial charge in [0.25, 0.3) is 6.26 Å². The van der Waals surface area contributed by atoms with Crippen molar-refractivity contribution in [1.29, 1.82) is 5.26 Å². The molecule has 0 atom stereocenters. The van der Waals surface area contributed by atoms with Gasteiger partial charge >= 0.3 is 0 Å². The van der Waals surface area contributed by atoms with Crippen LogP contribution in [0.25, 0.3) is 0 Å². The van der Waals surface area contributed by atoms with Gasteiger partial charge in [-0.1, -0.05) is 0 Å². The number of nitrogens with zero attached hydrogens (tertiary/aromatic N) is 2. The molecule has 0 aromatic rings. The lowest BCUT2D eigenvalue weighted by Gasteiger charge is -1.77. The summed E-state index contributed by atoms with van der Waals surface area (Å²) in [5.74, 6) is 0.